The number of halogens is 2. The van der Waals surface area contributed by atoms with E-state index in [4.69, 9.17) is 11.6 Å². The van der Waals surface area contributed by atoms with Crippen molar-refractivity contribution in [1.82, 2.24) is 9.62 Å². The highest BCUT2D eigenvalue weighted by atomic mass is 35.5. The normalized spacial score (nSPS) is 17.2. The van der Waals surface area contributed by atoms with E-state index in [0.29, 0.717) is 32.4 Å². The molecular formula is C15H20ClFN2O3S. The summed E-state index contributed by atoms with van der Waals surface area (Å²) in [5.74, 6) is -1.10. The maximum Gasteiger partial charge on any atom is 0.255 e. The number of carbonyl (C=O) groups is 1. The van der Waals surface area contributed by atoms with Crippen molar-refractivity contribution in [1.29, 1.82) is 0 Å². The van der Waals surface area contributed by atoms with Crippen LogP contribution in [-0.2, 0) is 10.0 Å². The predicted octanol–water partition coefficient (Wildman–Crippen LogP) is 2.41. The molecule has 0 aliphatic carbocycles. The molecule has 0 aromatic heterocycles. The second-order valence-corrected chi connectivity index (χ2v) is 8.06. The topological polar surface area (TPSA) is 66.5 Å². The van der Waals surface area contributed by atoms with E-state index in [9.17, 15) is 17.6 Å². The quantitative estimate of drug-likeness (QED) is 0.874. The zero-order valence-corrected chi connectivity index (χ0v) is 14.5. The molecule has 23 heavy (non-hydrogen) atoms. The van der Waals surface area contributed by atoms with E-state index < -0.39 is 21.7 Å². The molecule has 1 saturated heterocycles. The van der Waals surface area contributed by atoms with Crippen molar-refractivity contribution in [3.63, 3.8) is 0 Å². The second-order valence-electron chi connectivity index (χ2n) is 5.56. The van der Waals surface area contributed by atoms with Crippen LogP contribution >= 0.6 is 11.6 Å². The summed E-state index contributed by atoms with van der Waals surface area (Å²) in [6, 6.07) is 3.89. The first-order chi connectivity index (χ1) is 10.8. The summed E-state index contributed by atoms with van der Waals surface area (Å²) >= 11 is 5.87. The lowest BCUT2D eigenvalue weighted by atomic mass is 10.1. The molecule has 5 nitrogen and oxygen atoms in total. The van der Waals surface area contributed by atoms with Crippen LogP contribution in [0.5, 0.6) is 0 Å². The van der Waals surface area contributed by atoms with Crippen molar-refractivity contribution >= 4 is 27.5 Å². The van der Waals surface area contributed by atoms with Gasteiger partial charge in [0.1, 0.15) is 5.82 Å². The molecule has 0 spiro atoms. The second kappa shape index (κ2) is 7.59. The number of rotatable bonds is 5. The van der Waals surface area contributed by atoms with Gasteiger partial charge in [0.2, 0.25) is 10.0 Å². The largest absolute Gasteiger partial charge is 0.349 e. The maximum atomic E-state index is 13.7. The summed E-state index contributed by atoms with van der Waals surface area (Å²) in [6.07, 6.45) is 1.58. The summed E-state index contributed by atoms with van der Waals surface area (Å²) in [4.78, 5) is 12.2. The first-order valence-corrected chi connectivity index (χ1v) is 9.56. The fourth-order valence-corrected chi connectivity index (χ4v) is 4.43. The Morgan fingerprint density at radius 2 is 2.04 bits per heavy atom. The van der Waals surface area contributed by atoms with Gasteiger partial charge in [-0.2, -0.15) is 0 Å². The van der Waals surface area contributed by atoms with Crippen molar-refractivity contribution in [3.05, 3.63) is 34.6 Å². The average molecular weight is 363 g/mol. The van der Waals surface area contributed by atoms with Crippen LogP contribution in [-0.4, -0.2) is 43.5 Å². The Morgan fingerprint density at radius 3 is 2.61 bits per heavy atom. The van der Waals surface area contributed by atoms with E-state index in [1.165, 1.54) is 22.5 Å². The Hall–Kier alpha value is -1.18. The lowest BCUT2D eigenvalue weighted by molar-refractivity contribution is 0.0920. The summed E-state index contributed by atoms with van der Waals surface area (Å²) in [6.45, 7) is 2.54. The van der Waals surface area contributed by atoms with Crippen LogP contribution in [0.15, 0.2) is 18.2 Å². The lowest BCUT2D eigenvalue weighted by Crippen LogP contribution is -2.47. The molecule has 1 aliphatic rings. The van der Waals surface area contributed by atoms with Crippen LogP contribution in [0.3, 0.4) is 0 Å². The highest BCUT2D eigenvalue weighted by molar-refractivity contribution is 7.89. The Bertz CT molecular complexity index is 653. The number of hydrogen-bond donors (Lipinski definition) is 1. The van der Waals surface area contributed by atoms with E-state index in [2.05, 4.69) is 5.32 Å². The molecule has 2 rings (SSSR count). The Balaban J connectivity index is 1.96. The fraction of sp³-hybridized carbons (Fsp3) is 0.533. The van der Waals surface area contributed by atoms with Gasteiger partial charge in [0.15, 0.2) is 0 Å². The smallest absolute Gasteiger partial charge is 0.255 e. The standard InChI is InChI=1S/C15H20ClFN2O3S/c1-2-10-23(21,22)19-8-6-11(7-9-19)18-15(20)14-12(16)4-3-5-13(14)17/h3-5,11H,2,6-10H2,1H3,(H,18,20). The zero-order valence-electron chi connectivity index (χ0n) is 12.9. The Morgan fingerprint density at radius 1 is 1.39 bits per heavy atom. The molecule has 1 aromatic rings. The number of sulfonamides is 1. The average Bonchev–Trinajstić information content (AvgIpc) is 2.47. The SMILES string of the molecule is CCCS(=O)(=O)N1CCC(NC(=O)c2c(F)cccc2Cl)CC1. The molecule has 8 heteroatoms. The van der Waals surface area contributed by atoms with Gasteiger partial charge in [0, 0.05) is 19.1 Å². The predicted molar refractivity (Wildman–Crippen MR) is 87.5 cm³/mol. The number of nitrogens with one attached hydrogen (secondary N) is 1. The van der Waals surface area contributed by atoms with Crippen LogP contribution in [0.2, 0.25) is 5.02 Å². The molecular weight excluding hydrogens is 343 g/mol. The van der Waals surface area contributed by atoms with Gasteiger partial charge in [-0.25, -0.2) is 17.1 Å². The first-order valence-electron chi connectivity index (χ1n) is 7.58. The number of carbonyl (C=O) groups excluding carboxylic acids is 1. The molecule has 0 unspecified atom stereocenters. The first kappa shape index (κ1) is 18.2. The van der Waals surface area contributed by atoms with E-state index in [0.717, 1.165) is 0 Å². The summed E-state index contributed by atoms with van der Waals surface area (Å²) < 4.78 is 39.2. The molecule has 0 radical (unpaired) electrons. The minimum atomic E-state index is -3.21. The van der Waals surface area contributed by atoms with Crippen molar-refractivity contribution < 1.29 is 17.6 Å². The van der Waals surface area contributed by atoms with E-state index in [1.807, 2.05) is 6.92 Å². The minimum Gasteiger partial charge on any atom is -0.349 e. The summed E-state index contributed by atoms with van der Waals surface area (Å²) in [7, 11) is -3.21. The molecule has 0 saturated carbocycles. The summed E-state index contributed by atoms with van der Waals surface area (Å²) in [5, 5.41) is 2.80. The highest BCUT2D eigenvalue weighted by Crippen LogP contribution is 2.20. The molecule has 1 fully saturated rings. The maximum absolute atomic E-state index is 13.7. The van der Waals surface area contributed by atoms with Gasteiger partial charge in [0.25, 0.3) is 5.91 Å². The van der Waals surface area contributed by atoms with Gasteiger partial charge < -0.3 is 5.32 Å². The number of nitrogens with zero attached hydrogens (tertiary/aromatic N) is 1. The Labute approximate surface area is 140 Å². The zero-order chi connectivity index (χ0) is 17.0. The Kier molecular flexibility index (Phi) is 6.00. The number of benzene rings is 1. The third kappa shape index (κ3) is 4.43. The summed E-state index contributed by atoms with van der Waals surface area (Å²) in [5.41, 5.74) is -0.171. The van der Waals surface area contributed by atoms with Gasteiger partial charge in [-0.05, 0) is 31.4 Å². The van der Waals surface area contributed by atoms with E-state index >= 15 is 0 Å². The van der Waals surface area contributed by atoms with Crippen molar-refractivity contribution in [2.45, 2.75) is 32.2 Å². The molecule has 1 amide bonds. The molecule has 128 valence electrons. The van der Waals surface area contributed by atoms with Gasteiger partial charge in [-0.15, -0.1) is 0 Å². The van der Waals surface area contributed by atoms with Crippen LogP contribution in [0.25, 0.3) is 0 Å². The molecule has 1 aliphatic heterocycles. The minimum absolute atomic E-state index is 0.0606. The number of amides is 1. The molecule has 1 N–H and O–H groups in total. The van der Waals surface area contributed by atoms with Crippen molar-refractivity contribution in [3.8, 4) is 0 Å². The van der Waals surface area contributed by atoms with Crippen LogP contribution in [0.4, 0.5) is 4.39 Å². The number of piperidine rings is 1. The third-order valence-corrected chi connectivity index (χ3v) is 6.23. The van der Waals surface area contributed by atoms with Crippen LogP contribution < -0.4 is 5.32 Å². The molecule has 1 heterocycles. The monoisotopic (exact) mass is 362 g/mol. The van der Waals surface area contributed by atoms with Crippen molar-refractivity contribution in [2.24, 2.45) is 0 Å². The van der Waals surface area contributed by atoms with Gasteiger partial charge >= 0.3 is 0 Å². The molecule has 0 atom stereocenters. The van der Waals surface area contributed by atoms with Crippen LogP contribution in [0.1, 0.15) is 36.5 Å². The highest BCUT2D eigenvalue weighted by Gasteiger charge is 2.28. The lowest BCUT2D eigenvalue weighted by Gasteiger charge is -2.31. The third-order valence-electron chi connectivity index (χ3n) is 3.83. The van der Waals surface area contributed by atoms with Gasteiger partial charge in [-0.3, -0.25) is 4.79 Å². The molecule has 1 aromatic carbocycles. The van der Waals surface area contributed by atoms with E-state index in [-0.39, 0.29) is 22.4 Å². The fourth-order valence-electron chi connectivity index (χ4n) is 2.64. The van der Waals surface area contributed by atoms with Gasteiger partial charge in [0.05, 0.1) is 16.3 Å². The van der Waals surface area contributed by atoms with Crippen LogP contribution in [0, 0.1) is 5.82 Å². The van der Waals surface area contributed by atoms with Gasteiger partial charge in [-0.1, -0.05) is 24.6 Å². The van der Waals surface area contributed by atoms with Crippen molar-refractivity contribution in [2.75, 3.05) is 18.8 Å². The van der Waals surface area contributed by atoms with E-state index in [1.54, 1.807) is 0 Å². The molecule has 0 bridgehead atoms. The number of hydrogen-bond acceptors (Lipinski definition) is 3.